The predicted molar refractivity (Wildman–Crippen MR) is 72.5 cm³/mol. The SMILES string of the molecule is COC(=O)[C@@H]1CC[C@@H](n2ccc3c(N)nccc32)C1. The van der Waals surface area contributed by atoms with E-state index in [2.05, 4.69) is 9.55 Å². The first-order valence-electron chi connectivity index (χ1n) is 6.49. The average Bonchev–Trinajstić information content (AvgIpc) is 3.04. The minimum Gasteiger partial charge on any atom is -0.469 e. The number of nitrogens with zero attached hydrogens (tertiary/aromatic N) is 2. The predicted octanol–water partition coefficient (Wildman–Crippen LogP) is 2.13. The fraction of sp³-hybridized carbons (Fsp3) is 0.429. The number of methoxy groups -OCH3 is 1. The Bertz CT molecular complexity index is 620. The maximum absolute atomic E-state index is 11.6. The van der Waals surface area contributed by atoms with Crippen LogP contribution in [0.15, 0.2) is 24.5 Å². The lowest BCUT2D eigenvalue weighted by atomic mass is 10.1. The van der Waals surface area contributed by atoms with Crippen molar-refractivity contribution in [2.24, 2.45) is 5.92 Å². The zero-order chi connectivity index (χ0) is 13.4. The highest BCUT2D eigenvalue weighted by atomic mass is 16.5. The van der Waals surface area contributed by atoms with E-state index < -0.39 is 0 Å². The molecular formula is C14H17N3O2. The molecule has 0 unspecified atom stereocenters. The van der Waals surface area contributed by atoms with E-state index in [1.807, 2.05) is 18.3 Å². The lowest BCUT2D eigenvalue weighted by molar-refractivity contribution is -0.145. The lowest BCUT2D eigenvalue weighted by Gasteiger charge is -2.14. The number of nitrogens with two attached hydrogens (primary N) is 1. The van der Waals surface area contributed by atoms with Crippen LogP contribution in [0.4, 0.5) is 5.82 Å². The van der Waals surface area contributed by atoms with Gasteiger partial charge in [0.1, 0.15) is 5.82 Å². The second-order valence-electron chi connectivity index (χ2n) is 5.04. The van der Waals surface area contributed by atoms with Crippen molar-refractivity contribution in [3.63, 3.8) is 0 Å². The van der Waals surface area contributed by atoms with Gasteiger partial charge in [0.15, 0.2) is 0 Å². The van der Waals surface area contributed by atoms with E-state index in [0.29, 0.717) is 11.9 Å². The number of pyridine rings is 1. The van der Waals surface area contributed by atoms with E-state index in [-0.39, 0.29) is 11.9 Å². The molecule has 2 aromatic rings. The molecule has 2 heterocycles. The topological polar surface area (TPSA) is 70.1 Å². The van der Waals surface area contributed by atoms with E-state index >= 15 is 0 Å². The number of fused-ring (bicyclic) bond motifs is 1. The quantitative estimate of drug-likeness (QED) is 0.839. The van der Waals surface area contributed by atoms with E-state index in [0.717, 1.165) is 30.2 Å². The molecule has 3 rings (SSSR count). The Balaban J connectivity index is 1.90. The number of anilines is 1. The van der Waals surface area contributed by atoms with Gasteiger partial charge >= 0.3 is 5.97 Å². The second kappa shape index (κ2) is 4.57. The summed E-state index contributed by atoms with van der Waals surface area (Å²) >= 11 is 0. The van der Waals surface area contributed by atoms with Crippen molar-refractivity contribution in [1.82, 2.24) is 9.55 Å². The molecule has 0 bridgehead atoms. The Kier molecular flexibility index (Phi) is 2.89. The van der Waals surface area contributed by atoms with Gasteiger partial charge in [0, 0.05) is 23.8 Å². The first-order valence-corrected chi connectivity index (χ1v) is 6.49. The van der Waals surface area contributed by atoms with Gasteiger partial charge < -0.3 is 15.0 Å². The third-order valence-electron chi connectivity index (χ3n) is 4.01. The number of carbonyl (C=O) groups excluding carboxylic acids is 1. The Morgan fingerprint density at radius 2 is 2.32 bits per heavy atom. The molecular weight excluding hydrogens is 242 g/mol. The van der Waals surface area contributed by atoms with Gasteiger partial charge in [-0.25, -0.2) is 4.98 Å². The van der Waals surface area contributed by atoms with Gasteiger partial charge in [-0.3, -0.25) is 4.79 Å². The summed E-state index contributed by atoms with van der Waals surface area (Å²) in [4.78, 5) is 15.7. The van der Waals surface area contributed by atoms with Gasteiger partial charge in [-0.2, -0.15) is 0 Å². The molecule has 0 radical (unpaired) electrons. The standard InChI is InChI=1S/C14H17N3O2/c1-19-14(18)9-2-3-10(8-9)17-7-5-11-12(17)4-6-16-13(11)15/h4-7,9-10H,2-3,8H2,1H3,(H2,15,16)/t9-,10-/m1/s1. The third-order valence-corrected chi connectivity index (χ3v) is 4.01. The van der Waals surface area contributed by atoms with Crippen LogP contribution in [-0.4, -0.2) is 22.6 Å². The summed E-state index contributed by atoms with van der Waals surface area (Å²) in [6.07, 6.45) is 6.47. The van der Waals surface area contributed by atoms with Crippen LogP contribution in [-0.2, 0) is 9.53 Å². The number of hydrogen-bond acceptors (Lipinski definition) is 4. The van der Waals surface area contributed by atoms with Crippen LogP contribution in [0.1, 0.15) is 25.3 Å². The van der Waals surface area contributed by atoms with Crippen molar-refractivity contribution in [2.45, 2.75) is 25.3 Å². The first-order chi connectivity index (χ1) is 9.20. The fourth-order valence-corrected chi connectivity index (χ4v) is 3.02. The molecule has 2 N–H and O–H groups in total. The van der Waals surface area contributed by atoms with Crippen molar-refractivity contribution < 1.29 is 9.53 Å². The molecule has 1 fully saturated rings. The van der Waals surface area contributed by atoms with E-state index in [1.165, 1.54) is 7.11 Å². The highest BCUT2D eigenvalue weighted by Gasteiger charge is 2.31. The fourth-order valence-electron chi connectivity index (χ4n) is 3.02. The summed E-state index contributed by atoms with van der Waals surface area (Å²) in [5.74, 6) is 0.477. The highest BCUT2D eigenvalue weighted by molar-refractivity contribution is 5.89. The second-order valence-corrected chi connectivity index (χ2v) is 5.04. The summed E-state index contributed by atoms with van der Waals surface area (Å²) < 4.78 is 7.03. The summed E-state index contributed by atoms with van der Waals surface area (Å²) in [5, 5.41) is 0.976. The number of hydrogen-bond donors (Lipinski definition) is 1. The Morgan fingerprint density at radius 1 is 1.47 bits per heavy atom. The van der Waals surface area contributed by atoms with E-state index in [9.17, 15) is 4.79 Å². The van der Waals surface area contributed by atoms with Crippen LogP contribution < -0.4 is 5.73 Å². The molecule has 19 heavy (non-hydrogen) atoms. The zero-order valence-electron chi connectivity index (χ0n) is 10.9. The molecule has 1 aliphatic rings. The van der Waals surface area contributed by atoms with Gasteiger partial charge in [0.25, 0.3) is 0 Å². The molecule has 1 saturated carbocycles. The van der Waals surface area contributed by atoms with E-state index in [4.69, 9.17) is 10.5 Å². The molecule has 0 amide bonds. The molecule has 2 aromatic heterocycles. The number of rotatable bonds is 2. The van der Waals surface area contributed by atoms with Gasteiger partial charge in [0.2, 0.25) is 0 Å². The van der Waals surface area contributed by atoms with Crippen molar-refractivity contribution in [1.29, 1.82) is 0 Å². The zero-order valence-corrected chi connectivity index (χ0v) is 10.9. The first kappa shape index (κ1) is 12.0. The minimum absolute atomic E-state index is 0.0200. The summed E-state index contributed by atoms with van der Waals surface area (Å²) in [6, 6.07) is 4.30. The number of nitrogen functional groups attached to an aromatic ring is 1. The van der Waals surface area contributed by atoms with Crippen molar-refractivity contribution in [3.05, 3.63) is 24.5 Å². The summed E-state index contributed by atoms with van der Waals surface area (Å²) in [6.45, 7) is 0. The van der Waals surface area contributed by atoms with Crippen LogP contribution in [0, 0.1) is 5.92 Å². The van der Waals surface area contributed by atoms with Crippen molar-refractivity contribution in [2.75, 3.05) is 12.8 Å². The Labute approximate surface area is 111 Å². The Morgan fingerprint density at radius 3 is 3.11 bits per heavy atom. The molecule has 0 aliphatic heterocycles. The van der Waals surface area contributed by atoms with E-state index in [1.54, 1.807) is 6.20 Å². The number of ether oxygens (including phenoxy) is 1. The number of esters is 1. The summed E-state index contributed by atoms with van der Waals surface area (Å²) in [7, 11) is 1.45. The largest absolute Gasteiger partial charge is 0.469 e. The molecule has 5 heteroatoms. The monoisotopic (exact) mass is 259 g/mol. The average molecular weight is 259 g/mol. The molecule has 1 aliphatic carbocycles. The lowest BCUT2D eigenvalue weighted by Crippen LogP contribution is -2.13. The number of carbonyl (C=O) groups is 1. The molecule has 0 saturated heterocycles. The Hall–Kier alpha value is -2.04. The molecule has 2 atom stereocenters. The molecule has 0 aromatic carbocycles. The van der Waals surface area contributed by atoms with Crippen LogP contribution in [0.2, 0.25) is 0 Å². The maximum Gasteiger partial charge on any atom is 0.308 e. The van der Waals surface area contributed by atoms with Gasteiger partial charge in [-0.05, 0) is 31.4 Å². The molecule has 0 spiro atoms. The minimum atomic E-state index is -0.0971. The normalized spacial score (nSPS) is 22.8. The van der Waals surface area contributed by atoms with Crippen LogP contribution in [0.5, 0.6) is 0 Å². The smallest absolute Gasteiger partial charge is 0.308 e. The van der Waals surface area contributed by atoms with Crippen molar-refractivity contribution in [3.8, 4) is 0 Å². The third kappa shape index (κ3) is 1.95. The van der Waals surface area contributed by atoms with Gasteiger partial charge in [-0.1, -0.05) is 0 Å². The molecule has 100 valence electrons. The molecule has 5 nitrogen and oxygen atoms in total. The number of aromatic nitrogens is 2. The highest BCUT2D eigenvalue weighted by Crippen LogP contribution is 2.37. The van der Waals surface area contributed by atoms with Crippen LogP contribution >= 0.6 is 0 Å². The summed E-state index contributed by atoms with van der Waals surface area (Å²) in [5.41, 5.74) is 6.95. The van der Waals surface area contributed by atoms with Crippen molar-refractivity contribution >= 4 is 22.7 Å². The van der Waals surface area contributed by atoms with Gasteiger partial charge in [0.05, 0.1) is 18.5 Å². The van der Waals surface area contributed by atoms with Crippen LogP contribution in [0.25, 0.3) is 10.9 Å². The van der Waals surface area contributed by atoms with Gasteiger partial charge in [-0.15, -0.1) is 0 Å². The maximum atomic E-state index is 11.6. The van der Waals surface area contributed by atoms with Crippen LogP contribution in [0.3, 0.4) is 0 Å².